The summed E-state index contributed by atoms with van der Waals surface area (Å²) in [5.41, 5.74) is 5.50. The molecule has 2 aromatic rings. The van der Waals surface area contributed by atoms with Crippen LogP contribution < -0.4 is 27.0 Å². The van der Waals surface area contributed by atoms with Gasteiger partial charge in [0, 0.05) is 9.49 Å². The van der Waals surface area contributed by atoms with Crippen molar-refractivity contribution < 1.29 is 57.3 Å². The van der Waals surface area contributed by atoms with Crippen LogP contribution in [-0.4, -0.2) is 110 Å². The Morgan fingerprint density at radius 1 is 0.703 bits per heavy atom. The van der Waals surface area contributed by atoms with E-state index in [4.69, 9.17) is 24.7 Å². The molecule has 3 saturated heterocycles. The maximum absolute atomic E-state index is 14.6. The SMILES string of the molecule is CC(C)(C)C(=O)OCOC(=O)[C@@H]1N2C(=O)[C@@H](NC(=O)[C@H](NC(=O)C(NC(=O)[C@H](N)c3ccccc3)C3N[C@@H](C(=O)OCOC(=O)C(C)(C)C)C(C)(C)S3)c3ccccc3)[C@H]2SC1(C)C. The van der Waals surface area contributed by atoms with Gasteiger partial charge in [0.2, 0.25) is 37.2 Å². The van der Waals surface area contributed by atoms with Crippen LogP contribution in [0.1, 0.15) is 92.4 Å². The summed E-state index contributed by atoms with van der Waals surface area (Å²) in [6.07, 6.45) is 0. The molecule has 0 radical (unpaired) electrons. The van der Waals surface area contributed by atoms with Crippen molar-refractivity contribution in [3.8, 4) is 0 Å². The Morgan fingerprint density at radius 2 is 1.22 bits per heavy atom. The Hall–Kier alpha value is -5.18. The van der Waals surface area contributed by atoms with Gasteiger partial charge in [-0.3, -0.25) is 38.9 Å². The fraction of sp³-hybridized carbons (Fsp3) is 0.545. The Balaban J connectivity index is 1.35. The highest BCUT2D eigenvalue weighted by molar-refractivity contribution is 8.02. The van der Waals surface area contributed by atoms with E-state index in [-0.39, 0.29) is 0 Å². The van der Waals surface area contributed by atoms with E-state index in [1.54, 1.807) is 130 Å². The molecular formula is C44H58N6O12S2. The molecule has 5 rings (SSSR count). The highest BCUT2D eigenvalue weighted by Crippen LogP contribution is 2.51. The number of carbonyl (C=O) groups is 8. The van der Waals surface area contributed by atoms with Crippen molar-refractivity contribution in [3.05, 3.63) is 71.8 Å². The molecule has 18 nitrogen and oxygen atoms in total. The monoisotopic (exact) mass is 926 g/mol. The van der Waals surface area contributed by atoms with E-state index in [1.807, 2.05) is 0 Å². The van der Waals surface area contributed by atoms with Crippen LogP contribution >= 0.6 is 23.5 Å². The molecule has 3 fully saturated rings. The van der Waals surface area contributed by atoms with E-state index >= 15 is 0 Å². The molecule has 2 aromatic carbocycles. The van der Waals surface area contributed by atoms with E-state index < -0.39 is 128 Å². The van der Waals surface area contributed by atoms with E-state index in [0.717, 1.165) is 11.8 Å². The molecule has 20 heteroatoms. The molecule has 3 aliphatic heterocycles. The molecule has 0 aliphatic carbocycles. The fourth-order valence-electron chi connectivity index (χ4n) is 7.06. The lowest BCUT2D eigenvalue weighted by Crippen LogP contribution is -2.71. The Labute approximate surface area is 380 Å². The molecule has 3 aliphatic rings. The summed E-state index contributed by atoms with van der Waals surface area (Å²) >= 11 is 2.43. The topological polar surface area (TPSA) is 251 Å². The summed E-state index contributed by atoms with van der Waals surface area (Å²) in [5.74, 6) is -5.60. The number of β-lactam (4-membered cyclic amide) rings is 1. The third-order valence-corrected chi connectivity index (χ3v) is 13.7. The third-order valence-electron chi connectivity index (χ3n) is 10.7. The first-order valence-corrected chi connectivity index (χ1v) is 22.4. The number of carbonyl (C=O) groups excluding carboxylic acids is 8. The maximum atomic E-state index is 14.6. The molecule has 0 spiro atoms. The fourth-order valence-corrected chi connectivity index (χ4v) is 10.2. The van der Waals surface area contributed by atoms with Gasteiger partial charge < -0.3 is 45.5 Å². The smallest absolute Gasteiger partial charge is 0.333 e. The zero-order chi connectivity index (χ0) is 47.5. The molecule has 0 bridgehead atoms. The average Bonchev–Trinajstić information content (AvgIpc) is 3.69. The number of rotatable bonds is 15. The molecule has 4 amide bonds. The number of fused-ring (bicyclic) bond motifs is 1. The number of thioether (sulfide) groups is 2. The molecule has 64 heavy (non-hydrogen) atoms. The van der Waals surface area contributed by atoms with E-state index in [9.17, 15) is 38.4 Å². The number of hydrogen-bond acceptors (Lipinski definition) is 16. The molecule has 6 N–H and O–H groups in total. The largest absolute Gasteiger partial charge is 0.427 e. The Kier molecular flexibility index (Phi) is 15.2. The molecule has 8 atom stereocenters. The number of nitrogens with zero attached hydrogens (tertiary/aromatic N) is 1. The van der Waals surface area contributed by atoms with Gasteiger partial charge in [-0.25, -0.2) is 4.79 Å². The van der Waals surface area contributed by atoms with E-state index in [0.29, 0.717) is 11.1 Å². The van der Waals surface area contributed by atoms with Crippen molar-refractivity contribution in [2.24, 2.45) is 16.6 Å². The summed E-state index contributed by atoms with van der Waals surface area (Å²) in [6.45, 7) is 15.6. The number of nitrogens with two attached hydrogens (primary N) is 1. The van der Waals surface area contributed by atoms with Crippen LogP contribution in [0.4, 0.5) is 0 Å². The zero-order valence-corrected chi connectivity index (χ0v) is 39.2. The van der Waals surface area contributed by atoms with Gasteiger partial charge in [0.15, 0.2) is 0 Å². The van der Waals surface area contributed by atoms with Crippen molar-refractivity contribution in [2.75, 3.05) is 13.6 Å². The molecule has 348 valence electrons. The van der Waals surface area contributed by atoms with Crippen LogP contribution in [0, 0.1) is 10.8 Å². The van der Waals surface area contributed by atoms with Crippen LogP contribution in [0.15, 0.2) is 60.7 Å². The predicted molar refractivity (Wildman–Crippen MR) is 236 cm³/mol. The van der Waals surface area contributed by atoms with E-state index in [1.165, 1.54) is 16.7 Å². The molecule has 0 aromatic heterocycles. The van der Waals surface area contributed by atoms with Crippen LogP contribution in [-0.2, 0) is 57.3 Å². The van der Waals surface area contributed by atoms with Crippen molar-refractivity contribution in [1.29, 1.82) is 0 Å². The minimum absolute atomic E-state index is 0.340. The first-order valence-electron chi connectivity index (χ1n) is 20.6. The first kappa shape index (κ1) is 49.8. The minimum atomic E-state index is -1.46. The number of esters is 4. The average molecular weight is 927 g/mol. The van der Waals surface area contributed by atoms with Crippen molar-refractivity contribution in [1.82, 2.24) is 26.2 Å². The highest BCUT2D eigenvalue weighted by atomic mass is 32.2. The summed E-state index contributed by atoms with van der Waals surface area (Å²) in [6, 6.07) is 9.44. The lowest BCUT2D eigenvalue weighted by molar-refractivity contribution is -0.180. The Morgan fingerprint density at radius 3 is 1.75 bits per heavy atom. The summed E-state index contributed by atoms with van der Waals surface area (Å²) < 4.78 is 19.0. The maximum Gasteiger partial charge on any atom is 0.333 e. The van der Waals surface area contributed by atoms with Crippen LogP contribution in [0.3, 0.4) is 0 Å². The van der Waals surface area contributed by atoms with Gasteiger partial charge in [0.25, 0.3) is 0 Å². The number of nitrogens with one attached hydrogen (secondary N) is 4. The van der Waals surface area contributed by atoms with Gasteiger partial charge in [-0.15, -0.1) is 23.5 Å². The van der Waals surface area contributed by atoms with Gasteiger partial charge in [0.05, 0.1) is 16.2 Å². The first-order chi connectivity index (χ1) is 29.7. The second-order valence-corrected chi connectivity index (χ2v) is 22.3. The second-order valence-electron chi connectivity index (χ2n) is 18.7. The predicted octanol–water partition coefficient (Wildman–Crippen LogP) is 2.57. The number of amides is 4. The van der Waals surface area contributed by atoms with Gasteiger partial charge in [0.1, 0.15) is 41.6 Å². The normalized spacial score (nSPS) is 23.5. The second kappa shape index (κ2) is 19.5. The van der Waals surface area contributed by atoms with Crippen molar-refractivity contribution >= 4 is 71.0 Å². The highest BCUT2D eigenvalue weighted by Gasteiger charge is 2.65. The van der Waals surface area contributed by atoms with Gasteiger partial charge in [-0.1, -0.05) is 60.7 Å². The zero-order valence-electron chi connectivity index (χ0n) is 37.5. The van der Waals surface area contributed by atoms with Gasteiger partial charge in [-0.05, 0) is 80.4 Å². The van der Waals surface area contributed by atoms with Crippen LogP contribution in [0.2, 0.25) is 0 Å². The molecular weight excluding hydrogens is 869 g/mol. The quantitative estimate of drug-likeness (QED) is 0.0978. The third kappa shape index (κ3) is 11.4. The lowest BCUT2D eigenvalue weighted by atomic mass is 9.95. The lowest BCUT2D eigenvalue weighted by Gasteiger charge is -2.44. The van der Waals surface area contributed by atoms with Gasteiger partial charge in [-0.2, -0.15) is 0 Å². The summed E-state index contributed by atoms with van der Waals surface area (Å²) in [7, 11) is 0. The van der Waals surface area contributed by atoms with Gasteiger partial charge >= 0.3 is 23.9 Å². The van der Waals surface area contributed by atoms with E-state index in [2.05, 4.69) is 21.3 Å². The summed E-state index contributed by atoms with van der Waals surface area (Å²) in [5, 5.41) is 9.67. The standard InChI is InChI=1S/C44H58N6O12S2/c1-41(2,3)39(57)61-21-59-37(55)29-43(7,8)63-34(49-29)27(47-31(51)25(45)23-17-13-11-14-18-23)33(53)46-26(24-19-15-12-16-20-24)32(52)48-28-35(54)50-30(44(9,10)64-36(28)50)38(56)60-22-62-40(58)42(4,5)6/h11-20,25-30,34,36,49H,21-22,45H2,1-10H3,(H,46,53)(H,47,51)(H,48,52)/t25-,26-,27?,28-,29+,30+,34?,36-/m1/s1. The molecule has 3 heterocycles. The summed E-state index contributed by atoms with van der Waals surface area (Å²) in [4.78, 5) is 109. The number of ether oxygens (including phenoxy) is 4. The van der Waals surface area contributed by atoms with Crippen molar-refractivity contribution in [2.45, 2.75) is 126 Å². The minimum Gasteiger partial charge on any atom is -0.427 e. The number of benzene rings is 2. The van der Waals surface area contributed by atoms with Crippen LogP contribution in [0.25, 0.3) is 0 Å². The van der Waals surface area contributed by atoms with Crippen LogP contribution in [0.5, 0.6) is 0 Å². The van der Waals surface area contributed by atoms with Crippen molar-refractivity contribution in [3.63, 3.8) is 0 Å². The molecule has 0 saturated carbocycles. The number of hydrogen-bond donors (Lipinski definition) is 5. The molecule has 2 unspecified atom stereocenters. The Bertz CT molecular complexity index is 2110.